The molecule has 1 aliphatic carbocycles. The first kappa shape index (κ1) is 24.6. The summed E-state index contributed by atoms with van der Waals surface area (Å²) in [6.45, 7) is -0.474. The third-order valence-corrected chi connectivity index (χ3v) is 9.52. The van der Waals surface area contributed by atoms with Crippen LogP contribution in [0.25, 0.3) is 0 Å². The molecule has 1 saturated carbocycles. The molecule has 1 heterocycles. The Morgan fingerprint density at radius 3 is 2.03 bits per heavy atom. The summed E-state index contributed by atoms with van der Waals surface area (Å²) in [5.41, 5.74) is 0.461. The highest BCUT2D eigenvalue weighted by molar-refractivity contribution is 9.12. The molecule has 2 aliphatic rings. The van der Waals surface area contributed by atoms with Crippen LogP contribution in [-0.2, 0) is 9.59 Å². The molecule has 33 heavy (non-hydrogen) atoms. The molecule has 0 bridgehead atoms. The van der Waals surface area contributed by atoms with Crippen molar-refractivity contribution in [2.45, 2.75) is 22.5 Å². The van der Waals surface area contributed by atoms with Crippen LogP contribution in [0.4, 0.5) is 0 Å². The van der Waals surface area contributed by atoms with Crippen LogP contribution < -0.4 is 0 Å². The van der Waals surface area contributed by atoms with Gasteiger partial charge >= 0.3 is 0 Å². The average Bonchev–Trinajstić information content (AvgIpc) is 3.02. The number of benzene rings is 2. The molecule has 0 aromatic heterocycles. The normalized spacial score (nSPS) is 24.5. The van der Waals surface area contributed by atoms with Gasteiger partial charge in [0.25, 0.3) is 17.7 Å². The quantitative estimate of drug-likeness (QED) is 0.249. The van der Waals surface area contributed by atoms with Crippen molar-refractivity contribution >= 4 is 82.9 Å². The van der Waals surface area contributed by atoms with Crippen molar-refractivity contribution in [2.75, 3.05) is 6.54 Å². The predicted molar refractivity (Wildman–Crippen MR) is 134 cm³/mol. The van der Waals surface area contributed by atoms with Crippen molar-refractivity contribution in [3.8, 4) is 0 Å². The highest BCUT2D eigenvalue weighted by Crippen LogP contribution is 2.43. The number of ketones is 1. The lowest BCUT2D eigenvalue weighted by Crippen LogP contribution is -2.52. The summed E-state index contributed by atoms with van der Waals surface area (Å²) < 4.78 is 0.797. The van der Waals surface area contributed by atoms with Crippen LogP contribution in [0.1, 0.15) is 33.6 Å². The van der Waals surface area contributed by atoms with E-state index in [0.29, 0.717) is 18.4 Å². The molecule has 0 radical (unpaired) electrons. The van der Waals surface area contributed by atoms with Crippen LogP contribution in [0.2, 0.25) is 5.02 Å². The number of hydrazine groups is 1. The van der Waals surface area contributed by atoms with E-state index in [1.54, 1.807) is 42.5 Å². The number of fused-ring (bicyclic) bond motifs is 1. The fourth-order valence-corrected chi connectivity index (χ4v) is 5.90. The first-order chi connectivity index (χ1) is 15.7. The Balaban J connectivity index is 1.71. The lowest BCUT2D eigenvalue weighted by atomic mass is 9.81. The molecule has 2 aromatic carbocycles. The number of carbonyl (C=O) groups is 4. The van der Waals surface area contributed by atoms with E-state index in [1.807, 2.05) is 0 Å². The van der Waals surface area contributed by atoms with Crippen LogP contribution in [0.15, 0.2) is 53.0 Å². The highest BCUT2D eigenvalue weighted by atomic mass is 79.9. The standard InChI is InChI=1S/C23H18Br3ClN2O4/c24-13-7-5-12(6-8-13)20(30)11-28(21(31)14-3-1-2-4-19(14)27)29-22(32)15-9-17(25)18(26)10-16(15)23(29)33/h1-8,15-18H,9-11H2/t15-,16-,17+,18+/m1/s1. The van der Waals surface area contributed by atoms with Gasteiger partial charge in [-0.3, -0.25) is 19.2 Å². The Labute approximate surface area is 221 Å². The molecule has 1 saturated heterocycles. The summed E-state index contributed by atoms with van der Waals surface area (Å²) in [7, 11) is 0. The van der Waals surface area contributed by atoms with Gasteiger partial charge in [-0.05, 0) is 37.1 Å². The molecule has 2 aromatic rings. The van der Waals surface area contributed by atoms with Gasteiger partial charge < -0.3 is 0 Å². The van der Waals surface area contributed by atoms with E-state index in [-0.39, 0.29) is 20.2 Å². The second kappa shape index (κ2) is 9.98. The Morgan fingerprint density at radius 2 is 1.48 bits per heavy atom. The largest absolute Gasteiger partial charge is 0.292 e. The topological polar surface area (TPSA) is 74.8 Å². The monoisotopic (exact) mass is 658 g/mol. The molecule has 10 heteroatoms. The average molecular weight is 662 g/mol. The zero-order valence-electron chi connectivity index (χ0n) is 17.1. The van der Waals surface area contributed by atoms with Gasteiger partial charge in [0, 0.05) is 19.7 Å². The molecule has 0 N–H and O–H groups in total. The minimum atomic E-state index is -0.683. The third kappa shape index (κ3) is 4.83. The molecule has 4 rings (SSSR count). The Kier molecular flexibility index (Phi) is 7.43. The van der Waals surface area contributed by atoms with Gasteiger partial charge in [-0.15, -0.1) is 0 Å². The zero-order chi connectivity index (χ0) is 23.9. The summed E-state index contributed by atoms with van der Waals surface area (Å²) in [6, 6.07) is 13.0. The fourth-order valence-electron chi connectivity index (χ4n) is 4.19. The van der Waals surface area contributed by atoms with E-state index < -0.39 is 41.9 Å². The van der Waals surface area contributed by atoms with Crippen LogP contribution in [0, 0.1) is 11.8 Å². The van der Waals surface area contributed by atoms with Gasteiger partial charge in [0.05, 0.1) is 22.4 Å². The number of hydrogen-bond acceptors (Lipinski definition) is 4. The van der Waals surface area contributed by atoms with E-state index in [2.05, 4.69) is 47.8 Å². The van der Waals surface area contributed by atoms with Crippen LogP contribution in [0.5, 0.6) is 0 Å². The Bertz CT molecular complexity index is 1100. The molecule has 172 valence electrons. The molecular formula is C23H18Br3ClN2O4. The number of nitrogens with zero attached hydrogens (tertiary/aromatic N) is 2. The molecule has 3 amide bonds. The number of amides is 3. The fraction of sp³-hybridized carbons (Fsp3) is 0.304. The van der Waals surface area contributed by atoms with Crippen molar-refractivity contribution in [1.29, 1.82) is 0 Å². The summed E-state index contributed by atoms with van der Waals surface area (Å²) in [5, 5.41) is 1.98. The van der Waals surface area contributed by atoms with Crippen LogP contribution >= 0.6 is 59.4 Å². The number of Topliss-reactive ketones (excluding diaryl/α,β-unsaturated/α-hetero) is 1. The SMILES string of the molecule is O=C(CN(C(=O)c1ccccc1Cl)N1C(=O)[C@@H]2C[C@H](Br)[C@@H](Br)C[C@H]2C1=O)c1ccc(Br)cc1. The van der Waals surface area contributed by atoms with E-state index in [0.717, 1.165) is 14.5 Å². The number of carbonyl (C=O) groups excluding carboxylic acids is 4. The maximum absolute atomic E-state index is 13.5. The van der Waals surface area contributed by atoms with E-state index in [1.165, 1.54) is 6.07 Å². The second-order valence-electron chi connectivity index (χ2n) is 7.98. The number of alkyl halides is 2. The highest BCUT2D eigenvalue weighted by Gasteiger charge is 2.54. The number of halogens is 4. The Hall–Kier alpha value is -1.55. The van der Waals surface area contributed by atoms with E-state index >= 15 is 0 Å². The number of hydrogen-bond donors (Lipinski definition) is 0. The smallest absolute Gasteiger partial charge is 0.274 e. The number of rotatable bonds is 5. The molecule has 1 aliphatic heterocycles. The minimum Gasteiger partial charge on any atom is -0.292 e. The van der Waals surface area contributed by atoms with Gasteiger partial charge in [-0.2, -0.15) is 5.01 Å². The zero-order valence-corrected chi connectivity index (χ0v) is 22.6. The lowest BCUT2D eigenvalue weighted by molar-refractivity contribution is -0.154. The van der Waals surface area contributed by atoms with E-state index in [9.17, 15) is 19.2 Å². The summed E-state index contributed by atoms with van der Waals surface area (Å²) in [6.07, 6.45) is 0.910. The van der Waals surface area contributed by atoms with Crippen molar-refractivity contribution in [3.63, 3.8) is 0 Å². The molecule has 4 atom stereocenters. The van der Waals surface area contributed by atoms with Gasteiger partial charge in [0.1, 0.15) is 6.54 Å². The molecule has 2 fully saturated rings. The van der Waals surface area contributed by atoms with Crippen molar-refractivity contribution in [3.05, 3.63) is 69.2 Å². The molecule has 6 nitrogen and oxygen atoms in total. The van der Waals surface area contributed by atoms with Gasteiger partial charge in [-0.25, -0.2) is 5.01 Å². The predicted octanol–water partition coefficient (Wildman–Crippen LogP) is 5.26. The summed E-state index contributed by atoms with van der Waals surface area (Å²) in [4.78, 5) is 53.3. The van der Waals surface area contributed by atoms with Crippen molar-refractivity contribution in [1.82, 2.24) is 10.0 Å². The van der Waals surface area contributed by atoms with Gasteiger partial charge in [0.2, 0.25) is 0 Å². The maximum atomic E-state index is 13.5. The first-order valence-electron chi connectivity index (χ1n) is 10.2. The van der Waals surface area contributed by atoms with E-state index in [4.69, 9.17) is 11.6 Å². The molecule has 0 unspecified atom stereocenters. The molecule has 0 spiro atoms. The Morgan fingerprint density at radius 1 is 0.939 bits per heavy atom. The minimum absolute atomic E-state index is 0.0209. The van der Waals surface area contributed by atoms with Gasteiger partial charge in [0.15, 0.2) is 5.78 Å². The van der Waals surface area contributed by atoms with Crippen molar-refractivity contribution in [2.24, 2.45) is 11.8 Å². The maximum Gasteiger partial charge on any atom is 0.274 e. The number of imide groups is 1. The summed E-state index contributed by atoms with van der Waals surface area (Å²) >= 11 is 16.7. The van der Waals surface area contributed by atoms with Crippen LogP contribution in [0.3, 0.4) is 0 Å². The molecular weight excluding hydrogens is 643 g/mol. The van der Waals surface area contributed by atoms with Gasteiger partial charge in [-0.1, -0.05) is 83.7 Å². The van der Waals surface area contributed by atoms with Crippen molar-refractivity contribution < 1.29 is 19.2 Å². The third-order valence-electron chi connectivity index (χ3n) is 5.93. The van der Waals surface area contributed by atoms with Crippen LogP contribution in [-0.4, -0.2) is 49.7 Å². The summed E-state index contributed by atoms with van der Waals surface area (Å²) in [5.74, 6) is -3.15. The second-order valence-corrected chi connectivity index (χ2v) is 11.7. The first-order valence-corrected chi connectivity index (χ1v) is 13.2. The lowest BCUT2D eigenvalue weighted by Gasteiger charge is -2.30.